The summed E-state index contributed by atoms with van der Waals surface area (Å²) in [5.41, 5.74) is -0.650. The van der Waals surface area contributed by atoms with Crippen LogP contribution in [0.2, 0.25) is 0 Å². The van der Waals surface area contributed by atoms with E-state index in [-0.39, 0.29) is 25.1 Å². The summed E-state index contributed by atoms with van der Waals surface area (Å²) in [5.74, 6) is -0.545. The van der Waals surface area contributed by atoms with Crippen molar-refractivity contribution in [1.82, 2.24) is 4.90 Å². The van der Waals surface area contributed by atoms with Crippen molar-refractivity contribution < 1.29 is 27.8 Å². The second kappa shape index (κ2) is 6.03. The number of rotatable bonds is 3. The fourth-order valence-electron chi connectivity index (χ4n) is 2.59. The van der Waals surface area contributed by atoms with Crippen molar-refractivity contribution in [3.8, 4) is 0 Å². The molecule has 2 atom stereocenters. The number of likely N-dealkylation sites (tertiary alicyclic amines) is 1. The molecule has 4 nitrogen and oxygen atoms in total. The van der Waals surface area contributed by atoms with Crippen molar-refractivity contribution in [3.05, 3.63) is 35.4 Å². The lowest BCUT2D eigenvalue weighted by molar-refractivity contribution is -0.146. The lowest BCUT2D eigenvalue weighted by Crippen LogP contribution is -2.36. The molecule has 1 N–H and O–H groups in total. The predicted molar refractivity (Wildman–Crippen MR) is 68.3 cm³/mol. The van der Waals surface area contributed by atoms with E-state index in [9.17, 15) is 23.1 Å². The number of hydrogen-bond donors (Lipinski definition) is 1. The summed E-state index contributed by atoms with van der Waals surface area (Å²) in [7, 11) is 1.22. The minimum atomic E-state index is -4.45. The van der Waals surface area contributed by atoms with Crippen molar-refractivity contribution in [2.24, 2.45) is 0 Å². The number of aliphatic hydroxyl groups is 1. The molecule has 1 aromatic carbocycles. The smallest absolute Gasteiger partial charge is 0.416 e. The zero-order valence-electron chi connectivity index (χ0n) is 11.4. The second-order valence-corrected chi connectivity index (χ2v) is 5.01. The Morgan fingerprint density at radius 3 is 2.71 bits per heavy atom. The topological polar surface area (TPSA) is 49.8 Å². The SMILES string of the molecule is COC(=O)C1CC(O)CN1Cc1ccccc1C(F)(F)F. The van der Waals surface area contributed by atoms with Crippen molar-refractivity contribution in [2.45, 2.75) is 31.3 Å². The zero-order chi connectivity index (χ0) is 15.6. The van der Waals surface area contributed by atoms with Crippen molar-refractivity contribution in [2.75, 3.05) is 13.7 Å². The summed E-state index contributed by atoms with van der Waals surface area (Å²) < 4.78 is 43.5. The number of aliphatic hydroxyl groups excluding tert-OH is 1. The summed E-state index contributed by atoms with van der Waals surface area (Å²) in [6, 6.07) is 4.51. The van der Waals surface area contributed by atoms with Crippen LogP contribution >= 0.6 is 0 Å². The summed E-state index contributed by atoms with van der Waals surface area (Å²) in [6.45, 7) is 0.0818. The van der Waals surface area contributed by atoms with E-state index in [1.54, 1.807) is 0 Å². The van der Waals surface area contributed by atoms with Gasteiger partial charge in [0.1, 0.15) is 6.04 Å². The number of carbonyl (C=O) groups is 1. The average molecular weight is 303 g/mol. The molecule has 0 radical (unpaired) electrons. The van der Waals surface area contributed by atoms with Gasteiger partial charge in [0.05, 0.1) is 18.8 Å². The van der Waals surface area contributed by atoms with Gasteiger partial charge in [-0.25, -0.2) is 0 Å². The number of ether oxygens (including phenoxy) is 1. The number of methoxy groups -OCH3 is 1. The number of nitrogens with zero attached hydrogens (tertiary/aromatic N) is 1. The second-order valence-electron chi connectivity index (χ2n) is 5.01. The summed E-state index contributed by atoms with van der Waals surface area (Å²) in [5, 5.41) is 9.65. The monoisotopic (exact) mass is 303 g/mol. The molecule has 0 aliphatic carbocycles. The van der Waals surface area contributed by atoms with Crippen LogP contribution in [-0.2, 0) is 22.3 Å². The minimum Gasteiger partial charge on any atom is -0.468 e. The highest BCUT2D eigenvalue weighted by molar-refractivity contribution is 5.76. The Bertz CT molecular complexity index is 518. The van der Waals surface area contributed by atoms with Gasteiger partial charge < -0.3 is 9.84 Å². The highest BCUT2D eigenvalue weighted by Gasteiger charge is 2.39. The average Bonchev–Trinajstić information content (AvgIpc) is 2.78. The maximum atomic E-state index is 13.0. The number of halogens is 3. The fourth-order valence-corrected chi connectivity index (χ4v) is 2.59. The first kappa shape index (κ1) is 15.8. The van der Waals surface area contributed by atoms with E-state index in [2.05, 4.69) is 4.74 Å². The van der Waals surface area contributed by atoms with E-state index in [0.29, 0.717) is 0 Å². The van der Waals surface area contributed by atoms with E-state index in [4.69, 9.17) is 0 Å². The Morgan fingerprint density at radius 2 is 2.10 bits per heavy atom. The van der Waals surface area contributed by atoms with Crippen LogP contribution in [0, 0.1) is 0 Å². The van der Waals surface area contributed by atoms with E-state index < -0.39 is 29.9 Å². The van der Waals surface area contributed by atoms with Crippen molar-refractivity contribution >= 4 is 5.97 Å². The normalized spacial score (nSPS) is 23.3. The number of carbonyl (C=O) groups excluding carboxylic acids is 1. The highest BCUT2D eigenvalue weighted by atomic mass is 19.4. The molecule has 2 unspecified atom stereocenters. The lowest BCUT2D eigenvalue weighted by atomic mass is 10.1. The van der Waals surface area contributed by atoms with Crippen LogP contribution in [0.4, 0.5) is 13.2 Å². The third kappa shape index (κ3) is 3.54. The van der Waals surface area contributed by atoms with Crippen LogP contribution in [0.25, 0.3) is 0 Å². The van der Waals surface area contributed by atoms with Gasteiger partial charge in [0, 0.05) is 19.5 Å². The molecule has 1 aliphatic rings. The van der Waals surface area contributed by atoms with Gasteiger partial charge in [0.25, 0.3) is 0 Å². The van der Waals surface area contributed by atoms with Gasteiger partial charge in [0.2, 0.25) is 0 Å². The maximum Gasteiger partial charge on any atom is 0.416 e. The Kier molecular flexibility index (Phi) is 4.53. The largest absolute Gasteiger partial charge is 0.468 e. The molecule has 1 aromatic rings. The number of β-amino-alcohol motifs (C(OH)–C–C–N with tert-alkyl or cyclic N) is 1. The third-order valence-electron chi connectivity index (χ3n) is 3.55. The molecule has 0 spiro atoms. The molecule has 1 aliphatic heterocycles. The third-order valence-corrected chi connectivity index (χ3v) is 3.55. The van der Waals surface area contributed by atoms with Gasteiger partial charge >= 0.3 is 12.1 Å². The molecule has 0 amide bonds. The van der Waals surface area contributed by atoms with Gasteiger partial charge in [-0.05, 0) is 11.6 Å². The van der Waals surface area contributed by atoms with E-state index in [1.165, 1.54) is 30.2 Å². The van der Waals surface area contributed by atoms with Crippen LogP contribution in [-0.4, -0.2) is 41.8 Å². The van der Waals surface area contributed by atoms with Gasteiger partial charge in [-0.15, -0.1) is 0 Å². The maximum absolute atomic E-state index is 13.0. The van der Waals surface area contributed by atoms with E-state index in [0.717, 1.165) is 6.07 Å². The lowest BCUT2D eigenvalue weighted by Gasteiger charge is -2.23. The molecule has 7 heteroatoms. The summed E-state index contributed by atoms with van der Waals surface area (Å²) in [6.07, 6.45) is -5.02. The Morgan fingerprint density at radius 1 is 1.43 bits per heavy atom. The van der Waals surface area contributed by atoms with Gasteiger partial charge in [0.15, 0.2) is 0 Å². The van der Waals surface area contributed by atoms with Crippen LogP contribution in [0.15, 0.2) is 24.3 Å². The Hall–Kier alpha value is -1.60. The Labute approximate surface area is 120 Å². The van der Waals surface area contributed by atoms with Crippen LogP contribution in [0.3, 0.4) is 0 Å². The van der Waals surface area contributed by atoms with Crippen LogP contribution < -0.4 is 0 Å². The molecule has 1 saturated heterocycles. The zero-order valence-corrected chi connectivity index (χ0v) is 11.4. The first-order valence-electron chi connectivity index (χ1n) is 6.48. The van der Waals surface area contributed by atoms with E-state index in [1.807, 2.05) is 0 Å². The molecular weight excluding hydrogens is 287 g/mol. The number of benzene rings is 1. The predicted octanol–water partition coefficient (Wildman–Crippen LogP) is 1.81. The molecule has 0 saturated carbocycles. The van der Waals surface area contributed by atoms with Gasteiger partial charge in [-0.1, -0.05) is 18.2 Å². The molecule has 116 valence electrons. The first-order chi connectivity index (χ1) is 9.82. The molecular formula is C14H16F3NO3. The standard InChI is InChI=1S/C14H16F3NO3/c1-21-13(20)12-6-10(19)8-18(12)7-9-4-2-3-5-11(9)14(15,16)17/h2-5,10,12,19H,6-8H2,1H3. The number of esters is 1. The molecule has 0 bridgehead atoms. The van der Waals surface area contributed by atoms with Crippen LogP contribution in [0.1, 0.15) is 17.5 Å². The molecule has 0 aromatic heterocycles. The quantitative estimate of drug-likeness (QED) is 0.865. The molecule has 21 heavy (non-hydrogen) atoms. The minimum absolute atomic E-state index is 0.0630. The van der Waals surface area contributed by atoms with Gasteiger partial charge in [-0.2, -0.15) is 13.2 Å². The first-order valence-corrected chi connectivity index (χ1v) is 6.48. The molecule has 1 heterocycles. The molecule has 2 rings (SSSR count). The Balaban J connectivity index is 2.23. The van der Waals surface area contributed by atoms with Crippen molar-refractivity contribution in [3.63, 3.8) is 0 Å². The fraction of sp³-hybridized carbons (Fsp3) is 0.500. The number of alkyl halides is 3. The summed E-state index contributed by atoms with van der Waals surface area (Å²) >= 11 is 0. The summed E-state index contributed by atoms with van der Waals surface area (Å²) in [4.78, 5) is 13.2. The van der Waals surface area contributed by atoms with Crippen molar-refractivity contribution in [1.29, 1.82) is 0 Å². The van der Waals surface area contributed by atoms with E-state index >= 15 is 0 Å². The number of hydrogen-bond acceptors (Lipinski definition) is 4. The molecule has 1 fully saturated rings. The van der Waals surface area contributed by atoms with Gasteiger partial charge in [-0.3, -0.25) is 9.69 Å². The highest BCUT2D eigenvalue weighted by Crippen LogP contribution is 2.33. The van der Waals surface area contributed by atoms with Crippen LogP contribution in [0.5, 0.6) is 0 Å².